The molecule has 2 saturated carbocycles. The zero-order chi connectivity index (χ0) is 24.7. The number of ether oxygens (including phenoxy) is 1. The molecule has 0 bridgehead atoms. The summed E-state index contributed by atoms with van der Waals surface area (Å²) in [6.45, 7) is 3.48. The number of carbonyl (C=O) groups is 2. The van der Waals surface area contributed by atoms with Crippen LogP contribution in [0.2, 0.25) is 0 Å². The molecule has 3 N–H and O–H groups in total. The van der Waals surface area contributed by atoms with Gasteiger partial charge in [-0.3, -0.25) is 14.6 Å². The van der Waals surface area contributed by atoms with E-state index in [0.29, 0.717) is 12.3 Å². The molecule has 0 unspecified atom stereocenters. The van der Waals surface area contributed by atoms with E-state index in [1.165, 1.54) is 12.1 Å². The number of hydrogen-bond donors (Lipinski definition) is 2. The van der Waals surface area contributed by atoms with E-state index in [2.05, 4.69) is 16.4 Å². The lowest BCUT2D eigenvalue weighted by Gasteiger charge is -2.51. The third-order valence-electron chi connectivity index (χ3n) is 8.16. The van der Waals surface area contributed by atoms with Crippen molar-refractivity contribution in [3.05, 3.63) is 60.2 Å². The van der Waals surface area contributed by atoms with Crippen LogP contribution in [-0.4, -0.2) is 34.5 Å². The van der Waals surface area contributed by atoms with Crippen LogP contribution in [0.25, 0.3) is 17.2 Å². The van der Waals surface area contributed by atoms with Crippen LogP contribution in [0.4, 0.5) is 4.39 Å². The molecule has 6 nitrogen and oxygen atoms in total. The van der Waals surface area contributed by atoms with Gasteiger partial charge in [-0.15, -0.1) is 0 Å². The number of hydrogen-bond acceptors (Lipinski definition) is 5. The highest BCUT2D eigenvalue weighted by molar-refractivity contribution is 5.84. The molecule has 1 aromatic carbocycles. The zero-order valence-corrected chi connectivity index (χ0v) is 20.1. The average Bonchev–Trinajstić information content (AvgIpc) is 3.04. The number of allylic oxidation sites excluding steroid dienone is 1. The summed E-state index contributed by atoms with van der Waals surface area (Å²) in [5.74, 6) is -0.0493. The van der Waals surface area contributed by atoms with E-state index < -0.39 is 5.54 Å². The van der Waals surface area contributed by atoms with Gasteiger partial charge in [-0.2, -0.15) is 0 Å². The molecule has 184 valence electrons. The highest BCUT2D eigenvalue weighted by Gasteiger charge is 2.62. The van der Waals surface area contributed by atoms with Crippen LogP contribution in [-0.2, 0) is 14.3 Å². The summed E-state index contributed by atoms with van der Waals surface area (Å²) < 4.78 is 19.2. The predicted molar refractivity (Wildman–Crippen MR) is 131 cm³/mol. The Kier molecular flexibility index (Phi) is 6.21. The first-order valence-electron chi connectivity index (χ1n) is 12.4. The van der Waals surface area contributed by atoms with Crippen molar-refractivity contribution in [3.8, 4) is 11.1 Å². The van der Waals surface area contributed by atoms with Crippen LogP contribution >= 0.6 is 0 Å². The molecule has 3 aliphatic rings. The summed E-state index contributed by atoms with van der Waals surface area (Å²) >= 11 is 0. The molecule has 0 spiro atoms. The van der Waals surface area contributed by atoms with Crippen LogP contribution in [0.15, 0.2) is 48.7 Å². The van der Waals surface area contributed by atoms with Crippen molar-refractivity contribution in [1.29, 1.82) is 0 Å². The smallest absolute Gasteiger partial charge is 0.326 e. The van der Waals surface area contributed by atoms with Crippen molar-refractivity contribution in [2.24, 2.45) is 29.4 Å². The molecule has 3 fully saturated rings. The van der Waals surface area contributed by atoms with E-state index in [-0.39, 0.29) is 47.6 Å². The third kappa shape index (κ3) is 4.49. The molecule has 2 aromatic rings. The monoisotopic (exact) mass is 477 g/mol. The Morgan fingerprint density at radius 3 is 2.80 bits per heavy atom. The van der Waals surface area contributed by atoms with Gasteiger partial charge < -0.3 is 15.8 Å². The number of nitrogens with two attached hydrogens (primary N) is 1. The zero-order valence-electron chi connectivity index (χ0n) is 20.1. The molecule has 35 heavy (non-hydrogen) atoms. The van der Waals surface area contributed by atoms with Gasteiger partial charge in [-0.1, -0.05) is 24.3 Å². The molecule has 2 aliphatic carbocycles. The van der Waals surface area contributed by atoms with Crippen molar-refractivity contribution in [1.82, 2.24) is 10.3 Å². The number of aromatic nitrogens is 1. The van der Waals surface area contributed by atoms with Crippen LogP contribution in [0.3, 0.4) is 0 Å². The summed E-state index contributed by atoms with van der Waals surface area (Å²) in [6.07, 6.45) is 8.94. The number of pyridine rings is 1. The highest BCUT2D eigenvalue weighted by atomic mass is 19.1. The van der Waals surface area contributed by atoms with Crippen molar-refractivity contribution in [2.45, 2.75) is 57.2 Å². The van der Waals surface area contributed by atoms with Gasteiger partial charge in [-0.25, -0.2) is 4.39 Å². The van der Waals surface area contributed by atoms with Crippen molar-refractivity contribution in [2.75, 3.05) is 0 Å². The van der Waals surface area contributed by atoms with Gasteiger partial charge in [0.2, 0.25) is 5.91 Å². The standard InChI is InChI=1S/C28H32FN3O3/c1-16-26-25(11-8-22-7-6-19(15-31-22)18-4-3-5-21(29)12-18)24-10-9-23(32-17(2)33)13-20(24)14-28(26,30)27(34)35-16/h3-8,11-12,15-16,20,23-26H,9-10,13-14,30H2,1-2H3,(H,32,33)/b11-8+/t16-,20+,23-,24-,25+,26+,28+/m1/s1. The SMILES string of the molecule is CC(=O)N[C@@H]1CC[C@@H]2[C@@H](C1)C[C@@]1(N)C(=O)O[C@H](C)[C@H]1[C@H]2/C=C/c1ccc(-c2cccc(F)c2)cn1. The predicted octanol–water partition coefficient (Wildman–Crippen LogP) is 4.10. The highest BCUT2D eigenvalue weighted by Crippen LogP contribution is 2.54. The second-order valence-corrected chi connectivity index (χ2v) is 10.4. The van der Waals surface area contributed by atoms with Gasteiger partial charge >= 0.3 is 5.97 Å². The van der Waals surface area contributed by atoms with Gasteiger partial charge in [0.25, 0.3) is 0 Å². The molecule has 5 rings (SSSR count). The third-order valence-corrected chi connectivity index (χ3v) is 8.16. The number of carbonyl (C=O) groups excluding carboxylic acids is 2. The topological polar surface area (TPSA) is 94.3 Å². The Morgan fingerprint density at radius 1 is 1.26 bits per heavy atom. The maximum absolute atomic E-state index is 13.6. The van der Waals surface area contributed by atoms with Gasteiger partial charge in [-0.05, 0) is 80.2 Å². The normalized spacial score (nSPS) is 34.2. The Bertz CT molecular complexity index is 1150. The molecule has 1 saturated heterocycles. The Balaban J connectivity index is 1.40. The molecule has 1 amide bonds. The van der Waals surface area contributed by atoms with Crippen LogP contribution in [0.1, 0.15) is 45.2 Å². The van der Waals surface area contributed by atoms with E-state index in [0.717, 1.165) is 36.1 Å². The lowest BCUT2D eigenvalue weighted by molar-refractivity contribution is -0.146. The average molecular weight is 478 g/mol. The maximum Gasteiger partial charge on any atom is 0.326 e. The fourth-order valence-corrected chi connectivity index (χ4v) is 6.74. The van der Waals surface area contributed by atoms with E-state index in [1.54, 1.807) is 19.2 Å². The minimum atomic E-state index is -1.01. The number of nitrogens with one attached hydrogen (secondary N) is 1. The first-order valence-corrected chi connectivity index (χ1v) is 12.4. The Morgan fingerprint density at radius 2 is 2.09 bits per heavy atom. The molecule has 0 radical (unpaired) electrons. The number of rotatable bonds is 4. The Hall–Kier alpha value is -3.06. The summed E-state index contributed by atoms with van der Waals surface area (Å²) in [5, 5.41) is 3.05. The molecule has 1 aliphatic heterocycles. The van der Waals surface area contributed by atoms with Crippen LogP contribution in [0.5, 0.6) is 0 Å². The van der Waals surface area contributed by atoms with E-state index >= 15 is 0 Å². The molecule has 7 atom stereocenters. The lowest BCUT2D eigenvalue weighted by atomic mass is 9.54. The van der Waals surface area contributed by atoms with E-state index in [9.17, 15) is 14.0 Å². The van der Waals surface area contributed by atoms with Crippen LogP contribution in [0, 0.1) is 29.5 Å². The number of halogens is 1. The molecular formula is C28H32FN3O3. The van der Waals surface area contributed by atoms with E-state index in [1.807, 2.05) is 31.2 Å². The van der Waals surface area contributed by atoms with Gasteiger partial charge in [0.05, 0.1) is 5.69 Å². The molecule has 2 heterocycles. The van der Waals surface area contributed by atoms with E-state index in [4.69, 9.17) is 10.5 Å². The van der Waals surface area contributed by atoms with Gasteiger partial charge in [0, 0.05) is 30.6 Å². The second-order valence-electron chi connectivity index (χ2n) is 10.4. The second kappa shape index (κ2) is 9.19. The van der Waals surface area contributed by atoms with Crippen LogP contribution < -0.4 is 11.1 Å². The first kappa shape index (κ1) is 23.7. The van der Waals surface area contributed by atoms with Crippen molar-refractivity contribution in [3.63, 3.8) is 0 Å². The number of nitrogens with zero attached hydrogens (tertiary/aromatic N) is 1. The quantitative estimate of drug-likeness (QED) is 0.647. The molecule has 7 heteroatoms. The number of cyclic esters (lactones) is 1. The minimum absolute atomic E-state index is 0.0253. The maximum atomic E-state index is 13.6. The number of amides is 1. The largest absolute Gasteiger partial charge is 0.461 e. The fraction of sp³-hybridized carbons (Fsp3) is 0.464. The summed E-state index contributed by atoms with van der Waals surface area (Å²) in [5.41, 5.74) is 8.17. The lowest BCUT2D eigenvalue weighted by Crippen LogP contribution is -2.61. The fourth-order valence-electron chi connectivity index (χ4n) is 6.74. The van der Waals surface area contributed by atoms with Crippen molar-refractivity contribution >= 4 is 18.0 Å². The molecular weight excluding hydrogens is 445 g/mol. The summed E-state index contributed by atoms with van der Waals surface area (Å²) in [7, 11) is 0. The first-order chi connectivity index (χ1) is 16.7. The van der Waals surface area contributed by atoms with Gasteiger partial charge in [0.1, 0.15) is 17.5 Å². The Labute approximate surface area is 205 Å². The van der Waals surface area contributed by atoms with Gasteiger partial charge in [0.15, 0.2) is 0 Å². The van der Waals surface area contributed by atoms with Crippen molar-refractivity contribution < 1.29 is 18.7 Å². The number of fused-ring (bicyclic) bond motifs is 2. The number of benzene rings is 1. The minimum Gasteiger partial charge on any atom is -0.461 e. The molecule has 1 aromatic heterocycles. The summed E-state index contributed by atoms with van der Waals surface area (Å²) in [6, 6.07) is 10.4. The number of esters is 1. The summed E-state index contributed by atoms with van der Waals surface area (Å²) in [4.78, 5) is 29.0.